The first kappa shape index (κ1) is 15.8. The second kappa shape index (κ2) is 6.57. The van der Waals surface area contributed by atoms with Crippen LogP contribution in [-0.4, -0.2) is 42.5 Å². The van der Waals surface area contributed by atoms with Gasteiger partial charge in [0.15, 0.2) is 11.5 Å². The van der Waals surface area contributed by atoms with E-state index < -0.39 is 22.6 Å². The summed E-state index contributed by atoms with van der Waals surface area (Å²) in [6.45, 7) is 0. The Morgan fingerprint density at radius 3 is 2.96 bits per heavy atom. The van der Waals surface area contributed by atoms with Gasteiger partial charge in [0, 0.05) is 12.4 Å². The molecule has 3 rings (SSSR count). The summed E-state index contributed by atoms with van der Waals surface area (Å²) in [4.78, 5) is 44.2. The van der Waals surface area contributed by atoms with Crippen LogP contribution in [0.25, 0.3) is 0 Å². The number of H-pyrrole nitrogens is 1. The maximum Gasteiger partial charge on any atom is 0.433 e. The van der Waals surface area contributed by atoms with E-state index in [0.29, 0.717) is 0 Å². The summed E-state index contributed by atoms with van der Waals surface area (Å²) in [6.07, 6.45) is 6.40. The Kier molecular flexibility index (Phi) is 4.15. The fourth-order valence-electron chi connectivity index (χ4n) is 1.86. The average molecular weight is 343 g/mol. The number of carbonyl (C=O) groups is 2. The van der Waals surface area contributed by atoms with Crippen molar-refractivity contribution in [3.8, 4) is 0 Å². The van der Waals surface area contributed by atoms with E-state index in [1.54, 1.807) is 0 Å². The summed E-state index contributed by atoms with van der Waals surface area (Å²) in [5.41, 5.74) is 1.95. The van der Waals surface area contributed by atoms with E-state index >= 15 is 0 Å². The van der Waals surface area contributed by atoms with Gasteiger partial charge in [-0.05, 0) is 6.07 Å². The molecule has 0 fully saturated rings. The van der Waals surface area contributed by atoms with Gasteiger partial charge in [0.25, 0.3) is 11.8 Å². The number of nitrogens with one attached hydrogen (secondary N) is 2. The van der Waals surface area contributed by atoms with Gasteiger partial charge in [0.1, 0.15) is 16.9 Å². The molecule has 3 heterocycles. The van der Waals surface area contributed by atoms with Crippen LogP contribution in [-0.2, 0) is 0 Å². The van der Waals surface area contributed by atoms with Gasteiger partial charge in [-0.15, -0.1) is 0 Å². The van der Waals surface area contributed by atoms with Crippen LogP contribution in [0.3, 0.4) is 0 Å². The number of aromatic amines is 1. The molecule has 12 nitrogen and oxygen atoms in total. The Balaban J connectivity index is 1.70. The van der Waals surface area contributed by atoms with Gasteiger partial charge in [0.05, 0.1) is 18.6 Å². The average Bonchev–Trinajstić information content (AvgIpc) is 3.33. The van der Waals surface area contributed by atoms with E-state index in [1.165, 1.54) is 35.7 Å². The minimum Gasteiger partial charge on any atom is -0.400 e. The monoisotopic (exact) mass is 343 g/mol. The predicted molar refractivity (Wildman–Crippen MR) is 81.0 cm³/mol. The summed E-state index contributed by atoms with van der Waals surface area (Å²) in [5.74, 6) is -1.65. The van der Waals surface area contributed by atoms with Gasteiger partial charge in [-0.25, -0.2) is 15.4 Å². The summed E-state index contributed by atoms with van der Waals surface area (Å²) in [5, 5.41) is 14.1. The number of hydrogen-bond donors (Lipinski definition) is 2. The van der Waals surface area contributed by atoms with Gasteiger partial charge in [-0.1, -0.05) is 0 Å². The number of furan rings is 1. The van der Waals surface area contributed by atoms with E-state index in [4.69, 9.17) is 4.42 Å². The van der Waals surface area contributed by atoms with Crippen LogP contribution in [0.2, 0.25) is 0 Å². The highest BCUT2D eigenvalue weighted by Gasteiger charge is 2.21. The van der Waals surface area contributed by atoms with Crippen LogP contribution in [0, 0.1) is 10.1 Å². The second-order valence-corrected chi connectivity index (χ2v) is 4.53. The van der Waals surface area contributed by atoms with Crippen molar-refractivity contribution in [2.75, 3.05) is 0 Å². The summed E-state index contributed by atoms with van der Waals surface area (Å²) in [6, 6.07) is 2.47. The number of nitrogens with zero attached hydrogens (tertiary/aromatic N) is 5. The molecular formula is C13H9N7O5. The first-order chi connectivity index (χ1) is 12.1. The highest BCUT2D eigenvalue weighted by atomic mass is 16.6. The number of hydrogen-bond acceptors (Lipinski definition) is 8. The summed E-state index contributed by atoms with van der Waals surface area (Å²) >= 11 is 0. The number of imidazole rings is 2. The molecular weight excluding hydrogens is 334 g/mol. The van der Waals surface area contributed by atoms with Crippen LogP contribution in [0.1, 0.15) is 26.7 Å². The zero-order chi connectivity index (χ0) is 17.8. The highest BCUT2D eigenvalue weighted by molar-refractivity contribution is 6.05. The minimum atomic E-state index is -0.748. The van der Waals surface area contributed by atoms with Crippen LogP contribution >= 0.6 is 0 Å². The van der Waals surface area contributed by atoms with Gasteiger partial charge >= 0.3 is 5.88 Å². The van der Waals surface area contributed by atoms with Crippen LogP contribution in [0.5, 0.6) is 0 Å². The van der Waals surface area contributed by atoms with Crippen molar-refractivity contribution in [1.29, 1.82) is 0 Å². The molecule has 0 spiro atoms. The van der Waals surface area contributed by atoms with Crippen molar-refractivity contribution >= 4 is 23.9 Å². The molecule has 0 radical (unpaired) electrons. The highest BCUT2D eigenvalue weighted by Crippen LogP contribution is 2.13. The summed E-state index contributed by atoms with van der Waals surface area (Å²) < 4.78 is 6.02. The number of carbonyl (C=O) groups excluding carboxylic acids is 2. The lowest BCUT2D eigenvalue weighted by Crippen LogP contribution is -2.22. The molecule has 0 unspecified atom stereocenters. The fourth-order valence-corrected chi connectivity index (χ4v) is 1.86. The van der Waals surface area contributed by atoms with E-state index in [2.05, 4.69) is 25.5 Å². The molecule has 25 heavy (non-hydrogen) atoms. The first-order valence-corrected chi connectivity index (χ1v) is 6.70. The van der Waals surface area contributed by atoms with Gasteiger partial charge < -0.3 is 9.40 Å². The third-order valence-electron chi connectivity index (χ3n) is 2.96. The molecule has 3 aromatic heterocycles. The van der Waals surface area contributed by atoms with Gasteiger partial charge in [-0.2, -0.15) is 5.10 Å². The maximum atomic E-state index is 12.2. The molecule has 0 aliphatic heterocycles. The lowest BCUT2D eigenvalue weighted by Gasteiger charge is -2.01. The molecule has 2 N–H and O–H groups in total. The second-order valence-electron chi connectivity index (χ2n) is 4.53. The van der Waals surface area contributed by atoms with Crippen molar-refractivity contribution in [2.45, 2.75) is 0 Å². The normalized spacial score (nSPS) is 10.9. The Morgan fingerprint density at radius 1 is 1.44 bits per heavy atom. The molecule has 3 aromatic rings. The lowest BCUT2D eigenvalue weighted by molar-refractivity contribution is -0.402. The molecule has 0 aromatic carbocycles. The smallest absolute Gasteiger partial charge is 0.400 e. The third kappa shape index (κ3) is 3.31. The molecule has 1 amide bonds. The lowest BCUT2D eigenvalue weighted by atomic mass is 10.3. The van der Waals surface area contributed by atoms with Gasteiger partial charge in [0.2, 0.25) is 0 Å². The fraction of sp³-hybridized carbons (Fsp3) is 0. The number of amides is 1. The Labute approximate surface area is 138 Å². The number of nitro groups is 1. The molecule has 0 aliphatic carbocycles. The zero-order valence-electron chi connectivity index (χ0n) is 12.3. The summed E-state index contributed by atoms with van der Waals surface area (Å²) in [7, 11) is 0. The van der Waals surface area contributed by atoms with Crippen LogP contribution in [0.15, 0.2) is 46.7 Å². The van der Waals surface area contributed by atoms with Crippen LogP contribution < -0.4 is 5.43 Å². The largest absolute Gasteiger partial charge is 0.433 e. The Bertz CT molecular complexity index is 953. The Morgan fingerprint density at radius 2 is 2.28 bits per heavy atom. The van der Waals surface area contributed by atoms with Crippen LogP contribution in [0.4, 0.5) is 5.88 Å². The van der Waals surface area contributed by atoms with E-state index in [9.17, 15) is 19.7 Å². The molecule has 12 heteroatoms. The van der Waals surface area contributed by atoms with Crippen molar-refractivity contribution < 1.29 is 18.9 Å². The number of aromatic nitrogens is 4. The number of rotatable bonds is 5. The predicted octanol–water partition coefficient (Wildman–Crippen LogP) is 0.560. The van der Waals surface area contributed by atoms with Crippen molar-refractivity contribution in [3.63, 3.8) is 0 Å². The molecule has 0 saturated heterocycles. The third-order valence-corrected chi connectivity index (χ3v) is 2.96. The first-order valence-electron chi connectivity index (χ1n) is 6.70. The van der Waals surface area contributed by atoms with E-state index in [-0.39, 0.29) is 17.1 Å². The molecule has 126 valence electrons. The van der Waals surface area contributed by atoms with E-state index in [1.807, 2.05) is 0 Å². The SMILES string of the molecule is O=C(N/N=C\c1ccc([N+](=O)[O-])o1)c1nc[nH]c1C(=O)n1ccnc1. The van der Waals surface area contributed by atoms with Crippen molar-refractivity contribution in [2.24, 2.45) is 5.10 Å². The van der Waals surface area contributed by atoms with Gasteiger partial charge in [-0.3, -0.25) is 24.3 Å². The zero-order valence-corrected chi connectivity index (χ0v) is 12.3. The number of hydrazone groups is 1. The topological polar surface area (TPSA) is 161 Å². The Hall–Kier alpha value is -4.09. The maximum absolute atomic E-state index is 12.2. The molecule has 0 bridgehead atoms. The quantitative estimate of drug-likeness (QED) is 0.388. The molecule has 0 atom stereocenters. The molecule has 0 saturated carbocycles. The van der Waals surface area contributed by atoms with E-state index in [0.717, 1.165) is 12.3 Å². The standard InChI is InChI=1S/C13H9N7O5/c21-12(18-17-5-8-1-2-9(25-8)20(23)24)10-11(16-6-15-10)13(22)19-4-3-14-7-19/h1-7H,(H,15,16)(H,18,21)/b17-5-. The minimum absolute atomic E-state index is 0.0423. The molecule has 0 aliphatic rings. The van der Waals surface area contributed by atoms with Crippen molar-refractivity contribution in [1.82, 2.24) is 24.9 Å². The van der Waals surface area contributed by atoms with Crippen molar-refractivity contribution in [3.05, 3.63) is 64.4 Å².